The van der Waals surface area contributed by atoms with Crippen molar-refractivity contribution in [2.24, 2.45) is 50.2 Å². The number of ether oxygens (including phenoxy) is 10. The molecule has 34 unspecified atom stereocenters. The summed E-state index contributed by atoms with van der Waals surface area (Å²) in [5, 5.41) is 165. The van der Waals surface area contributed by atoms with Crippen LogP contribution >= 0.6 is 0 Å². The van der Waals surface area contributed by atoms with Gasteiger partial charge in [0.15, 0.2) is 31.3 Å². The van der Waals surface area contributed by atoms with Gasteiger partial charge in [0.2, 0.25) is 6.29 Å². The molecule has 0 amide bonds. The molecular formula is C59H96O26. The third-order valence-corrected chi connectivity index (χ3v) is 23.1. The molecule has 5 aliphatic heterocycles. The number of aliphatic hydroxyl groups excluding tert-OH is 15. The van der Waals surface area contributed by atoms with Gasteiger partial charge in [-0.25, -0.2) is 0 Å². The van der Waals surface area contributed by atoms with Gasteiger partial charge in [-0.2, -0.15) is 0 Å². The van der Waals surface area contributed by atoms with Crippen molar-refractivity contribution in [3.63, 3.8) is 0 Å². The van der Waals surface area contributed by atoms with Gasteiger partial charge in [-0.05, 0) is 118 Å². The van der Waals surface area contributed by atoms with E-state index in [0.29, 0.717) is 44.9 Å². The van der Waals surface area contributed by atoms with E-state index in [1.807, 2.05) is 6.92 Å². The summed E-state index contributed by atoms with van der Waals surface area (Å²) in [5.41, 5.74) is -2.63. The number of aliphatic hydroxyl groups is 15. The van der Waals surface area contributed by atoms with E-state index in [0.717, 1.165) is 12.0 Å². The lowest BCUT2D eigenvalue weighted by Gasteiger charge is -2.72. The number of fused-ring (bicyclic) bond motifs is 7. The van der Waals surface area contributed by atoms with Crippen molar-refractivity contribution in [3.05, 3.63) is 11.6 Å². The Bertz CT molecular complexity index is 2390. The standard InChI is InChI=1S/C59H96O26/c1-23-33(64)36(67)40(71)49(77-23)82-45-29(63)21-76-48(43(45)74)81-44-25(3)79-50(42(73)39(44)70)83-46-38(69)34(65)24(2)78-52(46)85-53(75)59-16-14-54(4,5)18-27(59)26-10-11-32-55(6)19-28(62)47(84-51-41(72)37(68)35(66)30(20-60)80-51)56(7,22-61)31(55)12-13-58(32,9)57(26,8)15-17-59/h10,23-25,27-52,60-74H,11-22H2,1-9H3. The SMILES string of the molecule is CC1OC(OC2C(O)COC(OC3C(C)OC(OC4C(OC(=O)C56CCC(C)(C)CC5C5=CCC7C8(C)CC(O)C(OC9OC(CO)C(O)C(O)C9O)C(C)(CO)C8CCC7(C)C5(C)CC6)OC(C)C(O)C4O)C(O)C3O)C2O)C(O)C(O)C1O. The number of carbonyl (C=O) groups excluding carboxylic acids is 1. The van der Waals surface area contributed by atoms with Crippen LogP contribution in [0.1, 0.15) is 120 Å². The summed E-state index contributed by atoms with van der Waals surface area (Å²) >= 11 is 0. The predicted molar refractivity (Wildman–Crippen MR) is 288 cm³/mol. The average molecular weight is 1220 g/mol. The molecule has 26 heteroatoms. The summed E-state index contributed by atoms with van der Waals surface area (Å²) in [4.78, 5) is 15.5. The molecule has 0 aromatic heterocycles. The zero-order valence-corrected chi connectivity index (χ0v) is 50.0. The molecule has 0 spiro atoms. The number of allylic oxidation sites excluding steroid dienone is 2. The number of carbonyl (C=O) groups is 1. The van der Waals surface area contributed by atoms with E-state index in [9.17, 15) is 76.6 Å². The van der Waals surface area contributed by atoms with E-state index < -0.39 is 200 Å². The highest BCUT2D eigenvalue weighted by atomic mass is 16.8. The van der Waals surface area contributed by atoms with Crippen molar-refractivity contribution in [2.45, 2.75) is 280 Å². The van der Waals surface area contributed by atoms with Crippen LogP contribution < -0.4 is 0 Å². The van der Waals surface area contributed by atoms with Crippen LogP contribution in [0.15, 0.2) is 11.6 Å². The van der Waals surface area contributed by atoms with Crippen molar-refractivity contribution in [2.75, 3.05) is 19.8 Å². The zero-order valence-electron chi connectivity index (χ0n) is 50.0. The van der Waals surface area contributed by atoms with Gasteiger partial charge in [-0.3, -0.25) is 4.79 Å². The van der Waals surface area contributed by atoms with E-state index in [2.05, 4.69) is 40.7 Å². The van der Waals surface area contributed by atoms with Gasteiger partial charge in [0.1, 0.15) is 91.6 Å². The van der Waals surface area contributed by atoms with Crippen LogP contribution in [0, 0.1) is 50.2 Å². The summed E-state index contributed by atoms with van der Waals surface area (Å²) in [6.45, 7) is 15.9. The third kappa shape index (κ3) is 10.9. The molecule has 26 nitrogen and oxygen atoms in total. The van der Waals surface area contributed by atoms with Gasteiger partial charge in [0.05, 0.1) is 55.8 Å². The normalized spacial score (nSPS) is 56.1. The summed E-state index contributed by atoms with van der Waals surface area (Å²) in [7, 11) is 0. The molecule has 10 aliphatic rings. The van der Waals surface area contributed by atoms with E-state index in [-0.39, 0.29) is 41.6 Å². The lowest BCUT2D eigenvalue weighted by Crippen LogP contribution is -2.69. The second-order valence-corrected chi connectivity index (χ2v) is 28.6. The first-order valence-electron chi connectivity index (χ1n) is 30.6. The van der Waals surface area contributed by atoms with Crippen molar-refractivity contribution in [1.29, 1.82) is 0 Å². The maximum atomic E-state index is 15.5. The summed E-state index contributed by atoms with van der Waals surface area (Å²) in [5.74, 6) is -1.14. The molecule has 10 rings (SSSR count). The van der Waals surface area contributed by atoms with Gasteiger partial charge < -0.3 is 124 Å². The molecule has 0 bridgehead atoms. The van der Waals surface area contributed by atoms with Gasteiger partial charge in [0, 0.05) is 5.41 Å². The monoisotopic (exact) mass is 1220 g/mol. The largest absolute Gasteiger partial charge is 0.432 e. The van der Waals surface area contributed by atoms with Crippen molar-refractivity contribution >= 4 is 5.97 Å². The molecule has 9 fully saturated rings. The highest BCUT2D eigenvalue weighted by Crippen LogP contribution is 2.76. The first-order valence-corrected chi connectivity index (χ1v) is 30.6. The Morgan fingerprint density at radius 2 is 1.09 bits per heavy atom. The molecule has 0 aromatic rings. The van der Waals surface area contributed by atoms with E-state index in [1.54, 1.807) is 0 Å². The fraction of sp³-hybridized carbons (Fsp3) is 0.949. The Balaban J connectivity index is 0.852. The van der Waals surface area contributed by atoms with Crippen LogP contribution in [0.2, 0.25) is 0 Å². The Hall–Kier alpha value is -1.75. The Morgan fingerprint density at radius 3 is 1.74 bits per heavy atom. The van der Waals surface area contributed by atoms with Crippen LogP contribution in [0.25, 0.3) is 0 Å². The van der Waals surface area contributed by atoms with Crippen LogP contribution in [-0.2, 0) is 52.2 Å². The van der Waals surface area contributed by atoms with Crippen molar-refractivity contribution in [3.8, 4) is 0 Å². The summed E-state index contributed by atoms with van der Waals surface area (Å²) in [6.07, 6.45) is -32.6. The minimum Gasteiger partial charge on any atom is -0.432 e. The molecule has 15 N–H and O–H groups in total. The van der Waals surface area contributed by atoms with Crippen molar-refractivity contribution < 1.29 is 129 Å². The first kappa shape index (κ1) is 66.2. The topological polar surface area (TPSA) is 413 Å². The highest BCUT2D eigenvalue weighted by Gasteiger charge is 2.72. The van der Waals surface area contributed by atoms with Crippen LogP contribution in [-0.4, -0.2) is 262 Å². The number of hydrogen-bond acceptors (Lipinski definition) is 26. The van der Waals surface area contributed by atoms with E-state index >= 15 is 4.79 Å². The van der Waals surface area contributed by atoms with Crippen LogP contribution in [0.3, 0.4) is 0 Å². The van der Waals surface area contributed by atoms with Gasteiger partial charge in [0.25, 0.3) is 0 Å². The van der Waals surface area contributed by atoms with Crippen molar-refractivity contribution in [1.82, 2.24) is 0 Å². The first-order chi connectivity index (χ1) is 39.7. The maximum Gasteiger partial charge on any atom is 0.315 e. The quantitative estimate of drug-likeness (QED) is 0.0544. The number of hydrogen-bond donors (Lipinski definition) is 15. The molecule has 0 aromatic carbocycles. The average Bonchev–Trinajstić information content (AvgIpc) is 0.700. The maximum absolute atomic E-state index is 15.5. The Kier molecular flexibility index (Phi) is 18.7. The minimum atomic E-state index is -1.94. The predicted octanol–water partition coefficient (Wildman–Crippen LogP) is -2.55. The molecule has 4 saturated carbocycles. The number of rotatable bonds is 12. The van der Waals surface area contributed by atoms with Crippen LogP contribution in [0.4, 0.5) is 0 Å². The fourth-order valence-corrected chi connectivity index (χ4v) is 17.7. The van der Waals surface area contributed by atoms with Gasteiger partial charge in [-0.15, -0.1) is 0 Å². The molecule has 5 saturated heterocycles. The molecule has 5 aliphatic carbocycles. The Labute approximate surface area is 494 Å². The van der Waals surface area contributed by atoms with Gasteiger partial charge >= 0.3 is 5.97 Å². The smallest absolute Gasteiger partial charge is 0.315 e. The fourth-order valence-electron chi connectivity index (χ4n) is 17.7. The molecule has 0 radical (unpaired) electrons. The summed E-state index contributed by atoms with van der Waals surface area (Å²) < 4.78 is 59.7. The second kappa shape index (κ2) is 24.1. The third-order valence-electron chi connectivity index (χ3n) is 23.1. The second-order valence-electron chi connectivity index (χ2n) is 28.6. The van der Waals surface area contributed by atoms with E-state index in [4.69, 9.17) is 47.4 Å². The van der Waals surface area contributed by atoms with E-state index in [1.165, 1.54) is 20.8 Å². The number of esters is 1. The van der Waals surface area contributed by atoms with Crippen LogP contribution in [0.5, 0.6) is 0 Å². The molecule has 5 heterocycles. The zero-order chi connectivity index (χ0) is 62.2. The molecule has 85 heavy (non-hydrogen) atoms. The summed E-state index contributed by atoms with van der Waals surface area (Å²) in [6, 6.07) is 0. The molecule has 34 atom stereocenters. The highest BCUT2D eigenvalue weighted by molar-refractivity contribution is 5.79. The molecule has 488 valence electrons. The lowest BCUT2D eigenvalue weighted by molar-refractivity contribution is -0.379. The molecular weight excluding hydrogens is 1120 g/mol. The minimum absolute atomic E-state index is 0.0240. The van der Waals surface area contributed by atoms with Gasteiger partial charge in [-0.1, -0.05) is 53.2 Å². The lowest BCUT2D eigenvalue weighted by atomic mass is 9.33. The Morgan fingerprint density at radius 1 is 0.541 bits per heavy atom.